The lowest BCUT2D eigenvalue weighted by atomic mass is 9.86. The minimum absolute atomic E-state index is 0.275. The molecule has 1 amide bonds. The molecule has 2 N–H and O–H groups in total. The Morgan fingerprint density at radius 1 is 1.25 bits per heavy atom. The van der Waals surface area contributed by atoms with E-state index in [4.69, 9.17) is 0 Å². The van der Waals surface area contributed by atoms with E-state index in [2.05, 4.69) is 5.32 Å². The molecule has 4 nitrogen and oxygen atoms in total. The summed E-state index contributed by atoms with van der Waals surface area (Å²) in [5.74, 6) is -0.555. The summed E-state index contributed by atoms with van der Waals surface area (Å²) in [4.78, 5) is 12.2. The Labute approximate surface area is 138 Å². The number of aliphatic hydroxyl groups is 1. The van der Waals surface area contributed by atoms with Crippen molar-refractivity contribution in [3.05, 3.63) is 35.9 Å². The van der Waals surface area contributed by atoms with Gasteiger partial charge in [-0.1, -0.05) is 43.2 Å². The minimum Gasteiger partial charge on any atom is -0.376 e. The van der Waals surface area contributed by atoms with Gasteiger partial charge in [-0.25, -0.2) is 0 Å². The number of benzene rings is 1. The van der Waals surface area contributed by atoms with Crippen LogP contribution in [0.5, 0.6) is 0 Å². The summed E-state index contributed by atoms with van der Waals surface area (Å²) in [7, 11) is 0. The highest BCUT2D eigenvalue weighted by atomic mass is 19.4. The van der Waals surface area contributed by atoms with E-state index >= 15 is 0 Å². The van der Waals surface area contributed by atoms with Gasteiger partial charge in [0.05, 0.1) is 6.07 Å². The molecule has 1 saturated carbocycles. The molecule has 130 valence electrons. The van der Waals surface area contributed by atoms with Gasteiger partial charge in [-0.15, -0.1) is 0 Å². The molecule has 0 radical (unpaired) electrons. The average Bonchev–Trinajstić information content (AvgIpc) is 3.04. The highest BCUT2D eigenvalue weighted by Gasteiger charge is 2.54. The average molecular weight is 340 g/mol. The third kappa shape index (κ3) is 3.39. The molecule has 1 aromatic rings. The van der Waals surface area contributed by atoms with E-state index in [1.807, 2.05) is 6.07 Å². The number of carbonyl (C=O) groups is 1. The van der Waals surface area contributed by atoms with E-state index in [0.29, 0.717) is 12.8 Å². The number of nitrogens with one attached hydrogen (secondary N) is 1. The molecule has 0 aliphatic heterocycles. The van der Waals surface area contributed by atoms with Crippen molar-refractivity contribution in [1.82, 2.24) is 5.32 Å². The Balaban J connectivity index is 2.07. The smallest absolute Gasteiger partial charge is 0.376 e. The third-order valence-corrected chi connectivity index (χ3v) is 4.60. The van der Waals surface area contributed by atoms with Crippen LogP contribution in [-0.4, -0.2) is 23.7 Å². The molecular weight excluding hydrogens is 321 g/mol. The fourth-order valence-electron chi connectivity index (χ4n) is 3.06. The Morgan fingerprint density at radius 2 is 1.83 bits per heavy atom. The molecule has 1 aromatic carbocycles. The van der Waals surface area contributed by atoms with Crippen molar-refractivity contribution < 1.29 is 23.1 Å². The fourth-order valence-corrected chi connectivity index (χ4v) is 3.06. The minimum atomic E-state index is -4.88. The zero-order valence-electron chi connectivity index (χ0n) is 13.1. The van der Waals surface area contributed by atoms with Crippen LogP contribution in [0.25, 0.3) is 0 Å². The first kappa shape index (κ1) is 18.3. The van der Waals surface area contributed by atoms with Crippen molar-refractivity contribution in [2.24, 2.45) is 5.41 Å². The van der Waals surface area contributed by atoms with Crippen LogP contribution in [0.3, 0.4) is 0 Å². The lowest BCUT2D eigenvalue weighted by molar-refractivity contribution is -0.268. The van der Waals surface area contributed by atoms with Gasteiger partial charge in [0.15, 0.2) is 5.60 Å². The van der Waals surface area contributed by atoms with Crippen molar-refractivity contribution in [1.29, 1.82) is 5.26 Å². The topological polar surface area (TPSA) is 73.1 Å². The first-order chi connectivity index (χ1) is 11.3. The molecule has 0 heterocycles. The van der Waals surface area contributed by atoms with Crippen molar-refractivity contribution in [2.45, 2.75) is 43.9 Å². The highest BCUT2D eigenvalue weighted by Crippen LogP contribution is 2.41. The number of alkyl halides is 3. The molecule has 0 spiro atoms. The fraction of sp³-hybridized carbons (Fsp3) is 0.529. The zero-order valence-corrected chi connectivity index (χ0v) is 13.1. The number of nitrogens with zero attached hydrogens (tertiary/aromatic N) is 1. The SMILES string of the molecule is N#CC1(C(=O)NCC[C@@](O)(c2ccccc2)C(F)(F)F)CCCC1. The second-order valence-corrected chi connectivity index (χ2v) is 6.13. The van der Waals surface area contributed by atoms with E-state index in [0.717, 1.165) is 12.8 Å². The molecule has 2 rings (SSSR count). The quantitative estimate of drug-likeness (QED) is 0.865. The van der Waals surface area contributed by atoms with Crippen LogP contribution in [0.2, 0.25) is 0 Å². The summed E-state index contributed by atoms with van der Waals surface area (Å²) in [6, 6.07) is 8.76. The maximum Gasteiger partial charge on any atom is 0.421 e. The van der Waals surface area contributed by atoms with Gasteiger partial charge < -0.3 is 10.4 Å². The zero-order chi connectivity index (χ0) is 17.8. The van der Waals surface area contributed by atoms with E-state index in [1.165, 1.54) is 24.3 Å². The maximum atomic E-state index is 13.3. The van der Waals surface area contributed by atoms with Crippen molar-refractivity contribution in [2.75, 3.05) is 6.54 Å². The summed E-state index contributed by atoms with van der Waals surface area (Å²) >= 11 is 0. The Hall–Kier alpha value is -2.07. The van der Waals surface area contributed by atoms with Gasteiger partial charge in [0, 0.05) is 13.0 Å². The van der Waals surface area contributed by atoms with Gasteiger partial charge >= 0.3 is 6.18 Å². The molecule has 0 unspecified atom stereocenters. The van der Waals surface area contributed by atoms with Crippen LogP contribution in [0.4, 0.5) is 13.2 Å². The number of halogens is 3. The first-order valence-electron chi connectivity index (χ1n) is 7.79. The van der Waals surface area contributed by atoms with E-state index < -0.39 is 29.5 Å². The third-order valence-electron chi connectivity index (χ3n) is 4.60. The van der Waals surface area contributed by atoms with E-state index in [9.17, 15) is 28.3 Å². The summed E-state index contributed by atoms with van der Waals surface area (Å²) < 4.78 is 40.0. The largest absolute Gasteiger partial charge is 0.421 e. The molecule has 1 aliphatic rings. The second-order valence-electron chi connectivity index (χ2n) is 6.13. The lowest BCUT2D eigenvalue weighted by Gasteiger charge is -2.31. The number of carbonyl (C=O) groups excluding carboxylic acids is 1. The van der Waals surface area contributed by atoms with Crippen LogP contribution in [0, 0.1) is 16.7 Å². The van der Waals surface area contributed by atoms with Crippen molar-refractivity contribution in [3.63, 3.8) is 0 Å². The van der Waals surface area contributed by atoms with Crippen LogP contribution in [0.15, 0.2) is 30.3 Å². The predicted molar refractivity (Wildman–Crippen MR) is 80.5 cm³/mol. The van der Waals surface area contributed by atoms with E-state index in [1.54, 1.807) is 6.07 Å². The molecular formula is C17H19F3N2O2. The highest BCUT2D eigenvalue weighted by molar-refractivity contribution is 5.85. The molecule has 1 atom stereocenters. The number of amides is 1. The number of rotatable bonds is 5. The molecule has 0 aromatic heterocycles. The van der Waals surface area contributed by atoms with Crippen molar-refractivity contribution >= 4 is 5.91 Å². The van der Waals surface area contributed by atoms with Gasteiger partial charge in [-0.05, 0) is 18.4 Å². The molecule has 7 heteroatoms. The monoisotopic (exact) mass is 340 g/mol. The summed E-state index contributed by atoms with van der Waals surface area (Å²) in [5.41, 5.74) is -4.47. The van der Waals surface area contributed by atoms with Gasteiger partial charge in [0.25, 0.3) is 0 Å². The van der Waals surface area contributed by atoms with Gasteiger partial charge in [-0.2, -0.15) is 18.4 Å². The summed E-state index contributed by atoms with van der Waals surface area (Å²) in [6.45, 7) is -0.368. The van der Waals surface area contributed by atoms with Crippen LogP contribution >= 0.6 is 0 Å². The van der Waals surface area contributed by atoms with Gasteiger partial charge in [-0.3, -0.25) is 4.79 Å². The molecule has 0 bridgehead atoms. The Morgan fingerprint density at radius 3 is 2.33 bits per heavy atom. The lowest BCUT2D eigenvalue weighted by Crippen LogP contribution is -2.46. The van der Waals surface area contributed by atoms with Crippen molar-refractivity contribution in [3.8, 4) is 6.07 Å². The number of hydrogen-bond donors (Lipinski definition) is 2. The number of nitriles is 1. The predicted octanol–water partition coefficient (Wildman–Crippen LogP) is 3.03. The molecule has 0 saturated heterocycles. The van der Waals surface area contributed by atoms with Gasteiger partial charge in [0.1, 0.15) is 5.41 Å². The Bertz CT molecular complexity index is 619. The Kier molecular flexibility index (Phi) is 5.19. The second kappa shape index (κ2) is 6.81. The van der Waals surface area contributed by atoms with Crippen LogP contribution in [0.1, 0.15) is 37.7 Å². The van der Waals surface area contributed by atoms with E-state index in [-0.39, 0.29) is 12.1 Å². The normalized spacial score (nSPS) is 19.3. The van der Waals surface area contributed by atoms with Crippen LogP contribution in [-0.2, 0) is 10.4 Å². The number of hydrogen-bond acceptors (Lipinski definition) is 3. The molecule has 1 aliphatic carbocycles. The first-order valence-corrected chi connectivity index (χ1v) is 7.79. The van der Waals surface area contributed by atoms with Crippen LogP contribution < -0.4 is 5.32 Å². The van der Waals surface area contributed by atoms with Gasteiger partial charge in [0.2, 0.25) is 5.91 Å². The molecule has 1 fully saturated rings. The maximum absolute atomic E-state index is 13.3. The standard InChI is InChI=1S/C17H19F3N2O2/c18-17(19,20)16(24,13-6-2-1-3-7-13)10-11-22-14(23)15(12-21)8-4-5-9-15/h1-3,6-7,24H,4-5,8-11H2,(H,22,23)/t16-/m1/s1. The summed E-state index contributed by atoms with van der Waals surface area (Å²) in [5, 5.41) is 21.8. The molecule has 24 heavy (non-hydrogen) atoms. The summed E-state index contributed by atoms with van der Waals surface area (Å²) in [6.07, 6.45) is -3.27.